The molecule has 0 atom stereocenters. The van der Waals surface area contributed by atoms with E-state index in [4.69, 9.17) is 10.8 Å². The van der Waals surface area contributed by atoms with Gasteiger partial charge in [0.15, 0.2) is 6.29 Å². The molecule has 1 aromatic carbocycles. The summed E-state index contributed by atoms with van der Waals surface area (Å²) in [5, 5.41) is 9.12. The van der Waals surface area contributed by atoms with Gasteiger partial charge in [-0.3, -0.25) is 9.79 Å². The molecule has 0 saturated heterocycles. The first-order valence-electron chi connectivity index (χ1n) is 4.91. The van der Waals surface area contributed by atoms with E-state index >= 15 is 0 Å². The number of aliphatic hydroxyl groups is 1. The van der Waals surface area contributed by atoms with Crippen molar-refractivity contribution < 1.29 is 14.3 Å². The van der Waals surface area contributed by atoms with Gasteiger partial charge in [0.1, 0.15) is 5.82 Å². The lowest BCUT2D eigenvalue weighted by Crippen LogP contribution is -2.13. The van der Waals surface area contributed by atoms with E-state index in [2.05, 4.69) is 4.99 Å². The standard InChI is InChI=1S/C12H13FN2O2/c1-15-12(9(5-14)7-17)11-3-2-10(13)4-8(11)6-16/h2-6,17H,7,14H2,1H3. The van der Waals surface area contributed by atoms with Crippen LogP contribution >= 0.6 is 0 Å². The molecule has 17 heavy (non-hydrogen) atoms. The number of benzene rings is 1. The Morgan fingerprint density at radius 3 is 2.76 bits per heavy atom. The normalized spacial score (nSPS) is 12.6. The third kappa shape index (κ3) is 2.76. The molecule has 5 heteroatoms. The monoisotopic (exact) mass is 236 g/mol. The highest BCUT2D eigenvalue weighted by Crippen LogP contribution is 2.15. The van der Waals surface area contributed by atoms with E-state index < -0.39 is 5.82 Å². The van der Waals surface area contributed by atoms with Crippen LogP contribution in [0.3, 0.4) is 0 Å². The number of halogens is 1. The van der Waals surface area contributed by atoms with Gasteiger partial charge in [0, 0.05) is 29.9 Å². The van der Waals surface area contributed by atoms with Gasteiger partial charge in [-0.25, -0.2) is 4.39 Å². The molecule has 0 saturated carbocycles. The van der Waals surface area contributed by atoms with Crippen LogP contribution in [-0.4, -0.2) is 30.8 Å². The van der Waals surface area contributed by atoms with Crippen molar-refractivity contribution in [1.29, 1.82) is 0 Å². The van der Waals surface area contributed by atoms with Crippen LogP contribution in [0.4, 0.5) is 4.39 Å². The van der Waals surface area contributed by atoms with Gasteiger partial charge in [0.2, 0.25) is 0 Å². The number of aliphatic imine (C=N–C) groups is 1. The molecule has 0 aromatic heterocycles. The smallest absolute Gasteiger partial charge is 0.150 e. The van der Waals surface area contributed by atoms with Crippen LogP contribution < -0.4 is 5.73 Å². The van der Waals surface area contributed by atoms with Gasteiger partial charge in [-0.05, 0) is 18.2 Å². The van der Waals surface area contributed by atoms with Crippen molar-refractivity contribution >= 4 is 12.0 Å². The van der Waals surface area contributed by atoms with E-state index in [0.29, 0.717) is 23.1 Å². The second kappa shape index (κ2) is 5.91. The average Bonchev–Trinajstić information content (AvgIpc) is 2.36. The number of aliphatic hydroxyl groups excluding tert-OH is 1. The van der Waals surface area contributed by atoms with Gasteiger partial charge >= 0.3 is 0 Å². The minimum atomic E-state index is -0.506. The fourth-order valence-corrected chi connectivity index (χ4v) is 1.49. The molecule has 0 amide bonds. The second-order valence-corrected chi connectivity index (χ2v) is 3.27. The Balaban J connectivity index is 3.36. The van der Waals surface area contributed by atoms with Gasteiger partial charge in [0.05, 0.1) is 12.3 Å². The topological polar surface area (TPSA) is 75.7 Å². The quantitative estimate of drug-likeness (QED) is 0.602. The summed E-state index contributed by atoms with van der Waals surface area (Å²) in [6.45, 7) is -0.307. The van der Waals surface area contributed by atoms with Crippen LogP contribution in [0.5, 0.6) is 0 Å². The average molecular weight is 236 g/mol. The predicted octanol–water partition coefficient (Wildman–Crippen LogP) is 0.892. The lowest BCUT2D eigenvalue weighted by Gasteiger charge is -2.10. The fraction of sp³-hybridized carbons (Fsp3) is 0.167. The predicted molar refractivity (Wildman–Crippen MR) is 63.6 cm³/mol. The Bertz CT molecular complexity index is 481. The number of hydrogen-bond donors (Lipinski definition) is 2. The number of nitrogens with zero attached hydrogens (tertiary/aromatic N) is 1. The zero-order chi connectivity index (χ0) is 12.8. The molecule has 0 bridgehead atoms. The molecule has 0 heterocycles. The molecule has 0 aliphatic heterocycles. The van der Waals surface area contributed by atoms with Crippen LogP contribution in [0.15, 0.2) is 35.0 Å². The summed E-state index contributed by atoms with van der Waals surface area (Å²) in [6.07, 6.45) is 1.75. The zero-order valence-corrected chi connectivity index (χ0v) is 9.35. The van der Waals surface area contributed by atoms with Crippen LogP contribution in [0.2, 0.25) is 0 Å². The molecule has 0 fully saturated rings. The van der Waals surface area contributed by atoms with Crippen LogP contribution in [0.25, 0.3) is 0 Å². The largest absolute Gasteiger partial charge is 0.404 e. The number of aldehydes is 1. The van der Waals surface area contributed by atoms with Crippen molar-refractivity contribution in [3.8, 4) is 0 Å². The first kappa shape index (κ1) is 13.1. The summed E-state index contributed by atoms with van der Waals surface area (Å²) in [6, 6.07) is 3.76. The van der Waals surface area contributed by atoms with Crippen molar-refractivity contribution in [2.24, 2.45) is 10.7 Å². The Labute approximate surface area is 98.3 Å². The number of carbonyl (C=O) groups excluding carboxylic acids is 1. The molecule has 0 radical (unpaired) electrons. The SMILES string of the molecule is CN=C(C(=CN)CO)c1ccc(F)cc1C=O. The molecule has 0 spiro atoms. The molecule has 1 rings (SSSR count). The summed E-state index contributed by atoms with van der Waals surface area (Å²) >= 11 is 0. The Hall–Kier alpha value is -2.01. The Morgan fingerprint density at radius 2 is 2.29 bits per heavy atom. The first-order chi connectivity index (χ1) is 8.17. The van der Waals surface area contributed by atoms with E-state index in [0.717, 1.165) is 6.07 Å². The van der Waals surface area contributed by atoms with E-state index in [-0.39, 0.29) is 12.2 Å². The molecule has 0 aliphatic carbocycles. The molecule has 0 aliphatic rings. The maximum atomic E-state index is 13.0. The third-order valence-corrected chi connectivity index (χ3v) is 2.29. The molecule has 90 valence electrons. The number of nitrogens with two attached hydrogens (primary N) is 1. The molecule has 1 aromatic rings. The minimum Gasteiger partial charge on any atom is -0.404 e. The van der Waals surface area contributed by atoms with Gasteiger partial charge < -0.3 is 10.8 Å². The van der Waals surface area contributed by atoms with Gasteiger partial charge in [-0.2, -0.15) is 0 Å². The zero-order valence-electron chi connectivity index (χ0n) is 9.35. The lowest BCUT2D eigenvalue weighted by atomic mass is 9.98. The van der Waals surface area contributed by atoms with Crippen LogP contribution in [0.1, 0.15) is 15.9 Å². The Kier molecular flexibility index (Phi) is 4.54. The lowest BCUT2D eigenvalue weighted by molar-refractivity contribution is 0.112. The highest BCUT2D eigenvalue weighted by Gasteiger charge is 2.13. The van der Waals surface area contributed by atoms with Crippen molar-refractivity contribution in [3.05, 3.63) is 46.9 Å². The van der Waals surface area contributed by atoms with Gasteiger partial charge in [-0.15, -0.1) is 0 Å². The van der Waals surface area contributed by atoms with Crippen molar-refractivity contribution in [3.63, 3.8) is 0 Å². The van der Waals surface area contributed by atoms with Gasteiger partial charge in [-0.1, -0.05) is 0 Å². The van der Waals surface area contributed by atoms with Crippen LogP contribution in [-0.2, 0) is 0 Å². The maximum Gasteiger partial charge on any atom is 0.150 e. The third-order valence-electron chi connectivity index (χ3n) is 2.29. The fourth-order valence-electron chi connectivity index (χ4n) is 1.49. The molecule has 3 N–H and O–H groups in total. The summed E-state index contributed by atoms with van der Waals surface area (Å²) in [7, 11) is 1.51. The summed E-state index contributed by atoms with van der Waals surface area (Å²) in [5.74, 6) is -0.506. The van der Waals surface area contributed by atoms with E-state index in [1.807, 2.05) is 0 Å². The number of rotatable bonds is 4. The van der Waals surface area contributed by atoms with E-state index in [9.17, 15) is 9.18 Å². The van der Waals surface area contributed by atoms with Crippen molar-refractivity contribution in [1.82, 2.24) is 0 Å². The molecule has 4 nitrogen and oxygen atoms in total. The minimum absolute atomic E-state index is 0.165. The van der Waals surface area contributed by atoms with Crippen LogP contribution in [0, 0.1) is 5.82 Å². The Morgan fingerprint density at radius 1 is 1.59 bits per heavy atom. The van der Waals surface area contributed by atoms with Gasteiger partial charge in [0.25, 0.3) is 0 Å². The van der Waals surface area contributed by atoms with E-state index in [1.165, 1.54) is 25.4 Å². The highest BCUT2D eigenvalue weighted by atomic mass is 19.1. The van der Waals surface area contributed by atoms with E-state index in [1.54, 1.807) is 0 Å². The number of carbonyl (C=O) groups is 1. The van der Waals surface area contributed by atoms with Crippen molar-refractivity contribution in [2.45, 2.75) is 0 Å². The first-order valence-corrected chi connectivity index (χ1v) is 4.91. The maximum absolute atomic E-state index is 13.0. The van der Waals surface area contributed by atoms with Crippen molar-refractivity contribution in [2.75, 3.05) is 13.7 Å². The second-order valence-electron chi connectivity index (χ2n) is 3.27. The molecule has 0 unspecified atom stereocenters. The highest BCUT2D eigenvalue weighted by molar-refractivity contribution is 6.15. The summed E-state index contributed by atoms with van der Waals surface area (Å²) in [4.78, 5) is 14.8. The number of hydrogen-bond acceptors (Lipinski definition) is 4. The molecular formula is C12H13FN2O2. The summed E-state index contributed by atoms with van der Waals surface area (Å²) in [5.41, 5.74) is 6.71. The molecular weight excluding hydrogens is 223 g/mol. The summed E-state index contributed by atoms with van der Waals surface area (Å²) < 4.78 is 13.0.